The summed E-state index contributed by atoms with van der Waals surface area (Å²) in [4.78, 5) is 4.01. The number of pyridine rings is 1. The van der Waals surface area contributed by atoms with Crippen molar-refractivity contribution < 1.29 is 0 Å². The number of nitrogens with one attached hydrogen (secondary N) is 1. The molecule has 0 bridgehead atoms. The molecule has 0 aliphatic carbocycles. The summed E-state index contributed by atoms with van der Waals surface area (Å²) < 4.78 is 0. The van der Waals surface area contributed by atoms with E-state index in [9.17, 15) is 0 Å². The number of aromatic nitrogens is 1. The van der Waals surface area contributed by atoms with Crippen molar-refractivity contribution in [2.45, 2.75) is 18.9 Å². The van der Waals surface area contributed by atoms with Crippen LogP contribution in [0.2, 0.25) is 5.02 Å². The second-order valence-corrected chi connectivity index (χ2v) is 4.69. The second kappa shape index (κ2) is 6.50. The highest BCUT2D eigenvalue weighted by Gasteiger charge is 2.08. The molecule has 1 unspecified atom stereocenters. The molecule has 1 heterocycles. The molecular formula is C14H16ClN3. The molecule has 0 saturated heterocycles. The van der Waals surface area contributed by atoms with Crippen molar-refractivity contribution in [3.8, 4) is 0 Å². The van der Waals surface area contributed by atoms with Gasteiger partial charge in [-0.25, -0.2) is 0 Å². The average molecular weight is 262 g/mol. The van der Waals surface area contributed by atoms with Crippen LogP contribution >= 0.6 is 11.6 Å². The number of nitrogens with two attached hydrogens (primary N) is 1. The van der Waals surface area contributed by atoms with Gasteiger partial charge in [-0.3, -0.25) is 16.3 Å². The summed E-state index contributed by atoms with van der Waals surface area (Å²) in [5.41, 5.74) is 5.30. The first-order valence-corrected chi connectivity index (χ1v) is 6.25. The predicted octanol–water partition coefficient (Wildman–Crippen LogP) is 2.35. The van der Waals surface area contributed by atoms with E-state index in [1.807, 2.05) is 36.4 Å². The smallest absolute Gasteiger partial charge is 0.0406 e. The summed E-state index contributed by atoms with van der Waals surface area (Å²) in [6, 6.07) is 12.1. The maximum atomic E-state index is 5.86. The molecule has 1 aromatic carbocycles. The molecular weight excluding hydrogens is 246 g/mol. The minimum absolute atomic E-state index is 0.202. The lowest BCUT2D eigenvalue weighted by Crippen LogP contribution is -2.38. The standard InChI is InChI=1S/C14H16ClN3/c15-13-3-1-11(2-4-13)9-14(18-16)10-12-5-7-17-8-6-12/h1-8,14,18H,9-10,16H2. The summed E-state index contributed by atoms with van der Waals surface area (Å²) in [6.45, 7) is 0. The van der Waals surface area contributed by atoms with Crippen molar-refractivity contribution in [1.82, 2.24) is 10.4 Å². The number of rotatable bonds is 5. The molecule has 0 aliphatic heterocycles. The maximum Gasteiger partial charge on any atom is 0.0406 e. The summed E-state index contributed by atoms with van der Waals surface area (Å²) in [7, 11) is 0. The van der Waals surface area contributed by atoms with E-state index < -0.39 is 0 Å². The van der Waals surface area contributed by atoms with E-state index in [2.05, 4.69) is 10.4 Å². The maximum absolute atomic E-state index is 5.86. The van der Waals surface area contributed by atoms with Crippen molar-refractivity contribution in [1.29, 1.82) is 0 Å². The van der Waals surface area contributed by atoms with Gasteiger partial charge in [0.1, 0.15) is 0 Å². The van der Waals surface area contributed by atoms with Gasteiger partial charge in [0, 0.05) is 23.5 Å². The zero-order chi connectivity index (χ0) is 12.8. The number of nitrogens with zero attached hydrogens (tertiary/aromatic N) is 1. The molecule has 2 rings (SSSR count). The van der Waals surface area contributed by atoms with Crippen LogP contribution in [0.1, 0.15) is 11.1 Å². The Balaban J connectivity index is 1.99. The van der Waals surface area contributed by atoms with E-state index in [0.717, 1.165) is 17.9 Å². The molecule has 4 heteroatoms. The van der Waals surface area contributed by atoms with Gasteiger partial charge < -0.3 is 0 Å². The fourth-order valence-electron chi connectivity index (χ4n) is 1.90. The highest BCUT2D eigenvalue weighted by atomic mass is 35.5. The Morgan fingerprint density at radius 3 is 2.11 bits per heavy atom. The largest absolute Gasteiger partial charge is 0.271 e. The molecule has 3 nitrogen and oxygen atoms in total. The first kappa shape index (κ1) is 13.0. The molecule has 94 valence electrons. The van der Waals surface area contributed by atoms with Gasteiger partial charge in [0.05, 0.1) is 0 Å². The fraction of sp³-hybridized carbons (Fsp3) is 0.214. The van der Waals surface area contributed by atoms with Crippen LogP contribution in [-0.4, -0.2) is 11.0 Å². The third kappa shape index (κ3) is 3.81. The summed E-state index contributed by atoms with van der Waals surface area (Å²) >= 11 is 5.86. The number of benzene rings is 1. The Kier molecular flexibility index (Phi) is 4.70. The normalized spacial score (nSPS) is 12.3. The zero-order valence-electron chi connectivity index (χ0n) is 10.0. The molecule has 1 aromatic heterocycles. The van der Waals surface area contributed by atoms with Gasteiger partial charge in [0.25, 0.3) is 0 Å². The van der Waals surface area contributed by atoms with E-state index in [1.54, 1.807) is 12.4 Å². The Labute approximate surface area is 112 Å². The van der Waals surface area contributed by atoms with Crippen LogP contribution in [0.3, 0.4) is 0 Å². The molecule has 0 amide bonds. The average Bonchev–Trinajstić information content (AvgIpc) is 2.41. The molecule has 2 aromatic rings. The van der Waals surface area contributed by atoms with Gasteiger partial charge >= 0.3 is 0 Å². The Hall–Kier alpha value is -1.42. The Morgan fingerprint density at radius 2 is 1.56 bits per heavy atom. The summed E-state index contributed by atoms with van der Waals surface area (Å²) in [6.07, 6.45) is 5.34. The Morgan fingerprint density at radius 1 is 1.00 bits per heavy atom. The minimum atomic E-state index is 0.202. The topological polar surface area (TPSA) is 50.9 Å². The van der Waals surface area contributed by atoms with E-state index >= 15 is 0 Å². The lowest BCUT2D eigenvalue weighted by Gasteiger charge is -2.16. The van der Waals surface area contributed by atoms with Crippen LogP contribution in [0.5, 0.6) is 0 Å². The van der Waals surface area contributed by atoms with Gasteiger partial charge in [-0.2, -0.15) is 0 Å². The molecule has 0 aliphatic rings. The van der Waals surface area contributed by atoms with E-state index in [0.29, 0.717) is 0 Å². The van der Waals surface area contributed by atoms with E-state index in [1.165, 1.54) is 11.1 Å². The molecule has 18 heavy (non-hydrogen) atoms. The molecule has 1 atom stereocenters. The number of hydrazine groups is 1. The Bertz CT molecular complexity index is 470. The number of halogens is 1. The van der Waals surface area contributed by atoms with Gasteiger partial charge in [0.2, 0.25) is 0 Å². The lowest BCUT2D eigenvalue weighted by atomic mass is 10.0. The monoisotopic (exact) mass is 261 g/mol. The highest BCUT2D eigenvalue weighted by Crippen LogP contribution is 2.12. The van der Waals surface area contributed by atoms with Crippen LogP contribution in [0, 0.1) is 0 Å². The van der Waals surface area contributed by atoms with Gasteiger partial charge in [-0.1, -0.05) is 23.7 Å². The molecule has 0 fully saturated rings. The third-order valence-electron chi connectivity index (χ3n) is 2.86. The minimum Gasteiger partial charge on any atom is -0.271 e. The van der Waals surface area contributed by atoms with Crippen LogP contribution in [0.25, 0.3) is 0 Å². The molecule has 0 radical (unpaired) electrons. The van der Waals surface area contributed by atoms with E-state index in [-0.39, 0.29) is 6.04 Å². The SMILES string of the molecule is NNC(Cc1ccncc1)Cc1ccc(Cl)cc1. The third-order valence-corrected chi connectivity index (χ3v) is 3.11. The van der Waals surface area contributed by atoms with Crippen molar-refractivity contribution >= 4 is 11.6 Å². The first-order valence-electron chi connectivity index (χ1n) is 5.87. The molecule has 3 N–H and O–H groups in total. The van der Waals surface area contributed by atoms with Crippen molar-refractivity contribution in [3.63, 3.8) is 0 Å². The van der Waals surface area contributed by atoms with Gasteiger partial charge in [-0.05, 0) is 48.2 Å². The highest BCUT2D eigenvalue weighted by molar-refractivity contribution is 6.30. The van der Waals surface area contributed by atoms with Crippen LogP contribution in [0.4, 0.5) is 0 Å². The zero-order valence-corrected chi connectivity index (χ0v) is 10.8. The number of hydrogen-bond donors (Lipinski definition) is 2. The van der Waals surface area contributed by atoms with Crippen LogP contribution in [0.15, 0.2) is 48.8 Å². The first-order chi connectivity index (χ1) is 8.78. The second-order valence-electron chi connectivity index (χ2n) is 4.25. The van der Waals surface area contributed by atoms with Crippen LogP contribution < -0.4 is 11.3 Å². The predicted molar refractivity (Wildman–Crippen MR) is 74.2 cm³/mol. The van der Waals surface area contributed by atoms with Gasteiger partial charge in [-0.15, -0.1) is 0 Å². The van der Waals surface area contributed by atoms with Crippen molar-refractivity contribution in [3.05, 3.63) is 64.9 Å². The van der Waals surface area contributed by atoms with Crippen molar-refractivity contribution in [2.75, 3.05) is 0 Å². The molecule has 0 saturated carbocycles. The number of hydrogen-bond acceptors (Lipinski definition) is 3. The lowest BCUT2D eigenvalue weighted by molar-refractivity contribution is 0.522. The molecule has 0 spiro atoms. The summed E-state index contributed by atoms with van der Waals surface area (Å²) in [5.74, 6) is 5.61. The van der Waals surface area contributed by atoms with Gasteiger partial charge in [0.15, 0.2) is 0 Å². The quantitative estimate of drug-likeness (QED) is 0.642. The summed E-state index contributed by atoms with van der Waals surface area (Å²) in [5, 5.41) is 0.755. The van der Waals surface area contributed by atoms with Crippen LogP contribution in [-0.2, 0) is 12.8 Å². The fourth-order valence-corrected chi connectivity index (χ4v) is 2.02. The van der Waals surface area contributed by atoms with E-state index in [4.69, 9.17) is 17.4 Å². The van der Waals surface area contributed by atoms with Crippen molar-refractivity contribution in [2.24, 2.45) is 5.84 Å².